The Bertz CT molecular complexity index is 585. The highest BCUT2D eigenvalue weighted by Crippen LogP contribution is 2.53. The van der Waals surface area contributed by atoms with E-state index in [1.807, 2.05) is 0 Å². The van der Waals surface area contributed by atoms with Crippen molar-refractivity contribution in [1.82, 2.24) is 0 Å². The molecule has 0 fully saturated rings. The van der Waals surface area contributed by atoms with Gasteiger partial charge in [-0.1, -0.05) is 50.3 Å². The minimum absolute atomic E-state index is 0.518. The Hall–Kier alpha value is -1.54. The van der Waals surface area contributed by atoms with Gasteiger partial charge in [0, 0.05) is 11.0 Å². The normalized spacial score (nSPS) is 13.8. The molecule has 1 aromatic carbocycles. The van der Waals surface area contributed by atoms with Crippen molar-refractivity contribution in [2.75, 3.05) is 13.2 Å². The summed E-state index contributed by atoms with van der Waals surface area (Å²) in [6, 6.07) is 3.88. The number of ether oxygens (including phenoxy) is 1. The van der Waals surface area contributed by atoms with Crippen LogP contribution in [0.3, 0.4) is 0 Å². The van der Waals surface area contributed by atoms with Crippen LogP contribution in [-0.4, -0.2) is 30.7 Å². The molecule has 142 valence electrons. The maximum Gasteiger partial charge on any atom is 0.430 e. The maximum atomic E-state index is 13.4. The first-order valence-electron chi connectivity index (χ1n) is 7.37. The first kappa shape index (κ1) is 21.5. The molecular formula is C17H20F6O2. The van der Waals surface area contributed by atoms with Crippen LogP contribution < -0.4 is 0 Å². The lowest BCUT2D eigenvalue weighted by atomic mass is 9.78. The van der Waals surface area contributed by atoms with Gasteiger partial charge in [-0.15, -0.1) is 0 Å². The highest BCUT2D eigenvalue weighted by atomic mass is 19.4. The van der Waals surface area contributed by atoms with Crippen molar-refractivity contribution in [1.29, 1.82) is 0 Å². The van der Waals surface area contributed by atoms with Gasteiger partial charge in [-0.05, 0) is 12.5 Å². The summed E-state index contributed by atoms with van der Waals surface area (Å²) in [7, 11) is 0. The number of hydrogen-bond donors (Lipinski definition) is 1. The molecule has 0 amide bonds. The molecule has 0 saturated heterocycles. The molecule has 1 rings (SSSR count). The molecule has 0 bridgehead atoms. The molecule has 0 aliphatic heterocycles. The Morgan fingerprint density at radius 1 is 0.960 bits per heavy atom. The molecule has 2 nitrogen and oxygen atoms in total. The minimum atomic E-state index is -5.76. The lowest BCUT2D eigenvalue weighted by Gasteiger charge is -2.37. The fraction of sp³-hybridized carbons (Fsp3) is 0.529. The number of benzene rings is 1. The molecule has 0 spiro atoms. The Labute approximate surface area is 142 Å². The number of hydrogen-bond acceptors (Lipinski definition) is 2. The fourth-order valence-corrected chi connectivity index (χ4v) is 2.30. The summed E-state index contributed by atoms with van der Waals surface area (Å²) in [6.07, 6.45) is -11.5. The highest BCUT2D eigenvalue weighted by molar-refractivity contribution is 5.37. The molecule has 25 heavy (non-hydrogen) atoms. The second-order valence-corrected chi connectivity index (χ2v) is 6.23. The van der Waals surface area contributed by atoms with Gasteiger partial charge in [0.2, 0.25) is 0 Å². The zero-order valence-electron chi connectivity index (χ0n) is 14.1. The first-order valence-corrected chi connectivity index (χ1v) is 7.37. The van der Waals surface area contributed by atoms with Crippen molar-refractivity contribution < 1.29 is 36.2 Å². The molecule has 0 saturated carbocycles. The summed E-state index contributed by atoms with van der Waals surface area (Å²) in [6.45, 7) is 6.92. The van der Waals surface area contributed by atoms with Crippen LogP contribution in [-0.2, 0) is 15.8 Å². The Balaban J connectivity index is 3.54. The third kappa shape index (κ3) is 3.84. The zero-order valence-corrected chi connectivity index (χ0v) is 14.1. The van der Waals surface area contributed by atoms with E-state index < -0.39 is 42.1 Å². The van der Waals surface area contributed by atoms with Crippen LogP contribution in [0.2, 0.25) is 0 Å². The van der Waals surface area contributed by atoms with E-state index in [1.165, 1.54) is 12.1 Å². The van der Waals surface area contributed by atoms with Crippen molar-refractivity contribution in [2.45, 2.75) is 44.1 Å². The third-order valence-corrected chi connectivity index (χ3v) is 4.29. The van der Waals surface area contributed by atoms with E-state index in [4.69, 9.17) is 5.11 Å². The fourth-order valence-electron chi connectivity index (χ4n) is 2.30. The third-order valence-electron chi connectivity index (χ3n) is 4.29. The van der Waals surface area contributed by atoms with Gasteiger partial charge in [-0.2, -0.15) is 26.3 Å². The van der Waals surface area contributed by atoms with Gasteiger partial charge in [0.05, 0.1) is 13.2 Å². The molecule has 0 radical (unpaired) electrons. The zero-order chi connectivity index (χ0) is 19.7. The molecule has 0 aromatic heterocycles. The lowest BCUT2D eigenvalue weighted by molar-refractivity contribution is -0.390. The number of rotatable bonds is 6. The summed E-state index contributed by atoms with van der Waals surface area (Å²) < 4.78 is 84.6. The van der Waals surface area contributed by atoms with Crippen LogP contribution >= 0.6 is 0 Å². The largest absolute Gasteiger partial charge is 0.430 e. The van der Waals surface area contributed by atoms with E-state index in [2.05, 4.69) is 11.3 Å². The average molecular weight is 370 g/mol. The van der Waals surface area contributed by atoms with Gasteiger partial charge in [-0.25, -0.2) is 0 Å². The summed E-state index contributed by atoms with van der Waals surface area (Å²) in [4.78, 5) is 0. The Morgan fingerprint density at radius 3 is 1.68 bits per heavy atom. The topological polar surface area (TPSA) is 29.5 Å². The number of allylic oxidation sites excluding steroid dienone is 1. The van der Waals surface area contributed by atoms with Crippen molar-refractivity contribution in [2.24, 2.45) is 0 Å². The second kappa shape index (κ2) is 6.99. The molecule has 8 heteroatoms. The van der Waals surface area contributed by atoms with Crippen LogP contribution in [0.25, 0.3) is 0 Å². The molecular weight excluding hydrogens is 350 g/mol. The summed E-state index contributed by atoms with van der Waals surface area (Å²) >= 11 is 0. The molecule has 1 aromatic rings. The molecule has 1 N–H and O–H groups in total. The van der Waals surface area contributed by atoms with Gasteiger partial charge >= 0.3 is 12.4 Å². The van der Waals surface area contributed by atoms with Crippen molar-refractivity contribution in [3.63, 3.8) is 0 Å². The Kier molecular flexibility index (Phi) is 6.01. The molecule has 0 aliphatic rings. The molecule has 0 atom stereocenters. The first-order chi connectivity index (χ1) is 11.2. The quantitative estimate of drug-likeness (QED) is 0.572. The molecule has 0 unspecified atom stereocenters. The number of aliphatic hydroxyl groups is 1. The molecule has 0 aliphatic carbocycles. The Morgan fingerprint density at radius 2 is 1.36 bits per heavy atom. The van der Waals surface area contributed by atoms with Crippen LogP contribution in [0.15, 0.2) is 36.4 Å². The van der Waals surface area contributed by atoms with Crippen molar-refractivity contribution in [3.8, 4) is 0 Å². The van der Waals surface area contributed by atoms with Crippen molar-refractivity contribution >= 4 is 0 Å². The van der Waals surface area contributed by atoms with Crippen molar-refractivity contribution in [3.05, 3.63) is 47.5 Å². The van der Waals surface area contributed by atoms with Gasteiger partial charge in [0.25, 0.3) is 5.60 Å². The minimum Gasteiger partial charge on any atom is -0.394 e. The monoisotopic (exact) mass is 370 g/mol. The van der Waals surface area contributed by atoms with Gasteiger partial charge < -0.3 is 9.84 Å². The smallest absolute Gasteiger partial charge is 0.394 e. The summed E-state index contributed by atoms with van der Waals surface area (Å²) in [5.41, 5.74) is -5.00. The van der Waals surface area contributed by atoms with Crippen LogP contribution in [0.4, 0.5) is 26.3 Å². The molecule has 0 heterocycles. The van der Waals surface area contributed by atoms with E-state index in [1.54, 1.807) is 20.8 Å². The predicted octanol–water partition coefficient (Wildman–Crippen LogP) is 4.87. The van der Waals surface area contributed by atoms with Gasteiger partial charge in [0.1, 0.15) is 0 Å². The maximum absolute atomic E-state index is 13.4. The van der Waals surface area contributed by atoms with E-state index in [0.717, 1.165) is 12.1 Å². The number of alkyl halides is 6. The van der Waals surface area contributed by atoms with E-state index in [9.17, 15) is 26.3 Å². The van der Waals surface area contributed by atoms with Crippen LogP contribution in [0, 0.1) is 0 Å². The van der Waals surface area contributed by atoms with Crippen LogP contribution in [0.1, 0.15) is 31.9 Å². The lowest BCUT2D eigenvalue weighted by Crippen LogP contribution is -2.56. The highest BCUT2D eigenvalue weighted by Gasteiger charge is 2.73. The van der Waals surface area contributed by atoms with E-state index in [-0.39, 0.29) is 0 Å². The van der Waals surface area contributed by atoms with Gasteiger partial charge in [-0.3, -0.25) is 0 Å². The standard InChI is InChI=1S/C17H20F6O2/c1-11(2)14(3,4)12-5-7-13(8-6-12)15(16(18,19)20,17(21,22)23)25-10-9-24/h5-8,24H,1,9-10H2,2-4H3. The number of aliphatic hydroxyl groups excluding tert-OH is 1. The average Bonchev–Trinajstić information content (AvgIpc) is 2.45. The number of halogens is 6. The summed E-state index contributed by atoms with van der Waals surface area (Å²) in [5, 5.41) is 8.65. The van der Waals surface area contributed by atoms with Crippen LogP contribution in [0.5, 0.6) is 0 Å². The van der Waals surface area contributed by atoms with Gasteiger partial charge in [0.15, 0.2) is 0 Å². The second-order valence-electron chi connectivity index (χ2n) is 6.23. The summed E-state index contributed by atoms with van der Waals surface area (Å²) in [5.74, 6) is 0. The SMILES string of the molecule is C=C(C)C(C)(C)c1ccc(C(OCCO)(C(F)(F)F)C(F)(F)F)cc1. The van der Waals surface area contributed by atoms with E-state index >= 15 is 0 Å². The van der Waals surface area contributed by atoms with E-state index in [0.29, 0.717) is 11.1 Å². The predicted molar refractivity (Wildman–Crippen MR) is 81.1 cm³/mol.